The summed E-state index contributed by atoms with van der Waals surface area (Å²) < 4.78 is 39.1. The SMILES string of the molecule is Oc1c(Br)cccc1CNCc1ccccc1C(F)(F)F. The first-order valence-corrected chi connectivity index (χ1v) is 7.01. The summed E-state index contributed by atoms with van der Waals surface area (Å²) in [4.78, 5) is 0. The molecule has 0 radical (unpaired) electrons. The minimum absolute atomic E-state index is 0.0711. The Morgan fingerprint density at radius 3 is 2.29 bits per heavy atom. The maximum absolute atomic E-state index is 12.8. The zero-order valence-corrected chi connectivity index (χ0v) is 12.5. The minimum atomic E-state index is -4.36. The first-order chi connectivity index (χ1) is 9.89. The highest BCUT2D eigenvalue weighted by atomic mass is 79.9. The summed E-state index contributed by atoms with van der Waals surface area (Å²) in [6, 6.07) is 10.6. The van der Waals surface area contributed by atoms with E-state index in [-0.39, 0.29) is 24.4 Å². The van der Waals surface area contributed by atoms with Gasteiger partial charge in [-0.15, -0.1) is 0 Å². The monoisotopic (exact) mass is 359 g/mol. The van der Waals surface area contributed by atoms with Gasteiger partial charge in [0.2, 0.25) is 0 Å². The molecule has 6 heteroatoms. The zero-order valence-electron chi connectivity index (χ0n) is 10.9. The molecule has 2 aromatic rings. The summed E-state index contributed by atoms with van der Waals surface area (Å²) in [5, 5.41) is 12.7. The van der Waals surface area contributed by atoms with E-state index < -0.39 is 11.7 Å². The molecular weight excluding hydrogens is 347 g/mol. The Morgan fingerprint density at radius 2 is 1.57 bits per heavy atom. The first kappa shape index (κ1) is 15.9. The van der Waals surface area contributed by atoms with Crippen LogP contribution in [0.3, 0.4) is 0 Å². The maximum Gasteiger partial charge on any atom is 0.416 e. The van der Waals surface area contributed by atoms with E-state index in [4.69, 9.17) is 0 Å². The average Bonchev–Trinajstić information content (AvgIpc) is 2.43. The summed E-state index contributed by atoms with van der Waals surface area (Å²) in [5.74, 6) is 0.0918. The van der Waals surface area contributed by atoms with E-state index in [0.717, 1.165) is 6.07 Å². The molecule has 0 aliphatic rings. The molecule has 0 heterocycles. The topological polar surface area (TPSA) is 32.3 Å². The van der Waals surface area contributed by atoms with Crippen molar-refractivity contribution in [3.8, 4) is 5.75 Å². The molecule has 0 amide bonds. The number of hydrogen-bond donors (Lipinski definition) is 2. The number of alkyl halides is 3. The maximum atomic E-state index is 12.8. The van der Waals surface area contributed by atoms with E-state index >= 15 is 0 Å². The van der Waals surface area contributed by atoms with Crippen LogP contribution in [-0.2, 0) is 19.3 Å². The Morgan fingerprint density at radius 1 is 0.952 bits per heavy atom. The van der Waals surface area contributed by atoms with E-state index in [0.29, 0.717) is 10.0 Å². The van der Waals surface area contributed by atoms with Crippen molar-refractivity contribution >= 4 is 15.9 Å². The minimum Gasteiger partial charge on any atom is -0.506 e. The van der Waals surface area contributed by atoms with Gasteiger partial charge in [0.1, 0.15) is 5.75 Å². The van der Waals surface area contributed by atoms with E-state index in [1.54, 1.807) is 24.3 Å². The molecule has 0 spiro atoms. The molecule has 0 aliphatic carbocycles. The standard InChI is InChI=1S/C15H13BrF3NO/c16-13-7-3-5-11(14(13)21)9-20-8-10-4-1-2-6-12(10)15(17,18)19/h1-7,20-21H,8-9H2. The highest BCUT2D eigenvalue weighted by Gasteiger charge is 2.32. The van der Waals surface area contributed by atoms with Crippen LogP contribution in [0.15, 0.2) is 46.9 Å². The van der Waals surface area contributed by atoms with Crippen LogP contribution in [0.5, 0.6) is 5.75 Å². The predicted molar refractivity (Wildman–Crippen MR) is 77.8 cm³/mol. The number of aromatic hydroxyl groups is 1. The lowest BCUT2D eigenvalue weighted by Gasteiger charge is -2.13. The number of rotatable bonds is 4. The van der Waals surface area contributed by atoms with E-state index in [2.05, 4.69) is 21.2 Å². The van der Waals surface area contributed by atoms with Crippen molar-refractivity contribution in [1.29, 1.82) is 0 Å². The van der Waals surface area contributed by atoms with Gasteiger partial charge in [-0.25, -0.2) is 0 Å². The van der Waals surface area contributed by atoms with Gasteiger partial charge in [-0.2, -0.15) is 13.2 Å². The molecule has 0 saturated heterocycles. The summed E-state index contributed by atoms with van der Waals surface area (Å²) in [6.07, 6.45) is -4.36. The number of phenolic OH excluding ortho intramolecular Hbond substituents is 1. The molecule has 112 valence electrons. The average molecular weight is 360 g/mol. The second kappa shape index (κ2) is 6.49. The molecule has 0 saturated carbocycles. The number of hydrogen-bond acceptors (Lipinski definition) is 2. The number of phenols is 1. The van der Waals surface area contributed by atoms with Crippen LogP contribution >= 0.6 is 15.9 Å². The Bertz CT molecular complexity index is 629. The van der Waals surface area contributed by atoms with Crippen LogP contribution in [0.1, 0.15) is 16.7 Å². The van der Waals surface area contributed by atoms with Crippen molar-refractivity contribution in [3.05, 3.63) is 63.6 Å². The second-order valence-electron chi connectivity index (χ2n) is 4.51. The Labute approximate surface area is 128 Å². The molecule has 0 aliphatic heterocycles. The Kier molecular flexibility index (Phi) is 4.90. The zero-order chi connectivity index (χ0) is 15.5. The third-order valence-electron chi connectivity index (χ3n) is 3.02. The van der Waals surface area contributed by atoms with Gasteiger partial charge >= 0.3 is 6.18 Å². The van der Waals surface area contributed by atoms with E-state index in [9.17, 15) is 18.3 Å². The Balaban J connectivity index is 2.06. The van der Waals surface area contributed by atoms with Crippen LogP contribution in [0, 0.1) is 0 Å². The summed E-state index contributed by atoms with van der Waals surface area (Å²) in [6.45, 7) is 0.346. The van der Waals surface area contributed by atoms with Gasteiger partial charge in [0.25, 0.3) is 0 Å². The molecule has 0 bridgehead atoms. The fourth-order valence-corrected chi connectivity index (χ4v) is 2.39. The van der Waals surface area contributed by atoms with Gasteiger partial charge in [0.15, 0.2) is 0 Å². The smallest absolute Gasteiger partial charge is 0.416 e. The van der Waals surface area contributed by atoms with Gasteiger partial charge < -0.3 is 10.4 Å². The highest BCUT2D eigenvalue weighted by Crippen LogP contribution is 2.32. The van der Waals surface area contributed by atoms with Crippen LogP contribution in [-0.4, -0.2) is 5.11 Å². The van der Waals surface area contributed by atoms with Crippen molar-refractivity contribution in [3.63, 3.8) is 0 Å². The molecule has 0 aromatic heterocycles. The lowest BCUT2D eigenvalue weighted by molar-refractivity contribution is -0.138. The second-order valence-corrected chi connectivity index (χ2v) is 5.36. The molecule has 2 N–H and O–H groups in total. The lowest BCUT2D eigenvalue weighted by atomic mass is 10.1. The fourth-order valence-electron chi connectivity index (χ4n) is 1.99. The molecule has 0 unspecified atom stereocenters. The van der Waals surface area contributed by atoms with Gasteiger partial charge in [0.05, 0.1) is 10.0 Å². The van der Waals surface area contributed by atoms with Gasteiger partial charge in [-0.1, -0.05) is 30.3 Å². The van der Waals surface area contributed by atoms with Gasteiger partial charge in [-0.05, 0) is 33.6 Å². The normalized spacial score (nSPS) is 11.6. The molecule has 0 atom stereocenters. The summed E-state index contributed by atoms with van der Waals surface area (Å²) >= 11 is 3.19. The van der Waals surface area contributed by atoms with Crippen LogP contribution in [0.2, 0.25) is 0 Å². The van der Waals surface area contributed by atoms with Crippen LogP contribution < -0.4 is 5.32 Å². The lowest BCUT2D eigenvalue weighted by Crippen LogP contribution is -2.17. The van der Waals surface area contributed by atoms with Crippen molar-refractivity contribution < 1.29 is 18.3 Å². The summed E-state index contributed by atoms with van der Waals surface area (Å²) in [7, 11) is 0. The van der Waals surface area contributed by atoms with Crippen molar-refractivity contribution in [2.24, 2.45) is 0 Å². The predicted octanol–water partition coefficient (Wildman–Crippen LogP) is 4.46. The van der Waals surface area contributed by atoms with Gasteiger partial charge in [0, 0.05) is 18.7 Å². The quantitative estimate of drug-likeness (QED) is 0.844. The Hall–Kier alpha value is -1.53. The number of nitrogens with one attached hydrogen (secondary N) is 1. The summed E-state index contributed by atoms with van der Waals surface area (Å²) in [5.41, 5.74) is 0.157. The van der Waals surface area contributed by atoms with E-state index in [1.165, 1.54) is 12.1 Å². The molecular formula is C15H13BrF3NO. The first-order valence-electron chi connectivity index (χ1n) is 6.22. The molecule has 21 heavy (non-hydrogen) atoms. The molecule has 2 aromatic carbocycles. The van der Waals surface area contributed by atoms with Crippen LogP contribution in [0.4, 0.5) is 13.2 Å². The fraction of sp³-hybridized carbons (Fsp3) is 0.200. The van der Waals surface area contributed by atoms with Crippen molar-refractivity contribution in [2.45, 2.75) is 19.3 Å². The third-order valence-corrected chi connectivity index (χ3v) is 3.66. The molecule has 2 nitrogen and oxygen atoms in total. The number of benzene rings is 2. The molecule has 2 rings (SSSR count). The van der Waals surface area contributed by atoms with Crippen molar-refractivity contribution in [2.75, 3.05) is 0 Å². The van der Waals surface area contributed by atoms with Gasteiger partial charge in [-0.3, -0.25) is 0 Å². The molecule has 0 fully saturated rings. The highest BCUT2D eigenvalue weighted by molar-refractivity contribution is 9.10. The third kappa shape index (κ3) is 3.98. The number of halogens is 4. The largest absolute Gasteiger partial charge is 0.506 e. The van der Waals surface area contributed by atoms with Crippen LogP contribution in [0.25, 0.3) is 0 Å². The van der Waals surface area contributed by atoms with Crippen molar-refractivity contribution in [1.82, 2.24) is 5.32 Å². The van der Waals surface area contributed by atoms with E-state index in [1.807, 2.05) is 0 Å². The number of para-hydroxylation sites is 1.